The topological polar surface area (TPSA) is 0 Å². The summed E-state index contributed by atoms with van der Waals surface area (Å²) in [5, 5.41) is 0. The van der Waals surface area contributed by atoms with Gasteiger partial charge < -0.3 is 0 Å². The molecule has 0 amide bonds. The maximum absolute atomic E-state index is 3.16. The lowest BCUT2D eigenvalue weighted by molar-refractivity contribution is 0.593. The molecule has 0 atom stereocenters. The van der Waals surface area contributed by atoms with Gasteiger partial charge in [0, 0.05) is 0 Å². The van der Waals surface area contributed by atoms with Crippen LogP contribution >= 0.6 is 0 Å². The molecule has 0 nitrogen and oxygen atoms in total. The van der Waals surface area contributed by atoms with Crippen LogP contribution in [0.25, 0.3) is 0 Å². The fourth-order valence-electron chi connectivity index (χ4n) is 1.58. The van der Waals surface area contributed by atoms with Crippen LogP contribution in [0.1, 0.15) is 57.8 Å². The minimum Gasteiger partial charge on any atom is -0.0811 e. The average Bonchev–Trinajstić information content (AvgIpc) is 2.24. The monoisotopic (exact) mass is 164 g/mol. The number of allylic oxidation sites excluding steroid dienone is 2. The van der Waals surface area contributed by atoms with Crippen LogP contribution in [0.15, 0.2) is 6.08 Å². The van der Waals surface area contributed by atoms with E-state index in [4.69, 9.17) is 0 Å². The van der Waals surface area contributed by atoms with Gasteiger partial charge in [0.15, 0.2) is 0 Å². The van der Waals surface area contributed by atoms with E-state index in [1.54, 1.807) is 0 Å². The predicted octanol–water partition coefficient (Wildman–Crippen LogP) is 4.07. The molecule has 1 fully saturated rings. The summed E-state index contributed by atoms with van der Waals surface area (Å²) in [6, 6.07) is 0. The van der Waals surface area contributed by atoms with Gasteiger partial charge in [-0.3, -0.25) is 0 Å². The Labute approximate surface area is 77.1 Å². The first kappa shape index (κ1) is 9.83. The standard InChI is InChI=1S/C6H11.C6H9/c2*1-2-4-6-5-3-1/h1H,2-6H2;1H,2,4-6H2. The molecule has 2 aliphatic rings. The Morgan fingerprint density at radius 3 is 1.67 bits per heavy atom. The van der Waals surface area contributed by atoms with Crippen LogP contribution in [0, 0.1) is 12.5 Å². The van der Waals surface area contributed by atoms with Crippen molar-refractivity contribution in [3.05, 3.63) is 18.6 Å². The van der Waals surface area contributed by atoms with E-state index >= 15 is 0 Å². The van der Waals surface area contributed by atoms with Gasteiger partial charge in [-0.25, -0.2) is 0 Å². The van der Waals surface area contributed by atoms with E-state index in [1.807, 2.05) is 0 Å². The summed E-state index contributed by atoms with van der Waals surface area (Å²) in [7, 11) is 0. The molecule has 0 aliphatic heterocycles. The molecule has 68 valence electrons. The van der Waals surface area contributed by atoms with Gasteiger partial charge in [0.2, 0.25) is 0 Å². The molecule has 2 rings (SSSR count). The molecule has 0 bridgehead atoms. The number of hydrogen-bond acceptors (Lipinski definition) is 0. The Hall–Kier alpha value is -0.260. The molecular formula is C12H20. The summed E-state index contributed by atoms with van der Waals surface area (Å²) in [5.74, 6) is 0. The molecule has 0 spiro atoms. The molecule has 0 heteroatoms. The van der Waals surface area contributed by atoms with Crippen LogP contribution < -0.4 is 0 Å². The molecule has 0 saturated heterocycles. The average molecular weight is 164 g/mol. The summed E-state index contributed by atoms with van der Waals surface area (Å²) in [5.41, 5.74) is 0. The maximum Gasteiger partial charge on any atom is -0.0279 e. The smallest absolute Gasteiger partial charge is 0.0279 e. The van der Waals surface area contributed by atoms with Crippen LogP contribution in [-0.4, -0.2) is 0 Å². The van der Waals surface area contributed by atoms with Gasteiger partial charge in [0.25, 0.3) is 0 Å². The fourth-order valence-corrected chi connectivity index (χ4v) is 1.58. The first-order valence-electron chi connectivity index (χ1n) is 5.37. The molecule has 2 radical (unpaired) electrons. The molecule has 0 aromatic heterocycles. The Kier molecular flexibility index (Phi) is 6.05. The summed E-state index contributed by atoms with van der Waals surface area (Å²) in [6.45, 7) is 0. The zero-order chi connectivity index (χ0) is 8.49. The third-order valence-electron chi connectivity index (χ3n) is 2.38. The highest BCUT2D eigenvalue weighted by Crippen LogP contribution is 2.14. The highest BCUT2D eigenvalue weighted by atomic mass is 14.0. The maximum atomic E-state index is 3.16. The van der Waals surface area contributed by atoms with Crippen LogP contribution in [0.2, 0.25) is 0 Å². The largest absolute Gasteiger partial charge is 0.0811 e. The third-order valence-corrected chi connectivity index (χ3v) is 2.38. The predicted molar refractivity (Wildman–Crippen MR) is 53.7 cm³/mol. The van der Waals surface area contributed by atoms with E-state index in [1.165, 1.54) is 57.8 Å². The zero-order valence-corrected chi connectivity index (χ0v) is 8.02. The highest BCUT2D eigenvalue weighted by Gasteiger charge is 1.95. The summed E-state index contributed by atoms with van der Waals surface area (Å²) in [4.78, 5) is 0. The fraction of sp³-hybridized carbons (Fsp3) is 0.750. The van der Waals surface area contributed by atoms with Crippen molar-refractivity contribution in [3.8, 4) is 0 Å². The van der Waals surface area contributed by atoms with E-state index in [2.05, 4.69) is 18.6 Å². The molecule has 0 N–H and O–H groups in total. The lowest BCUT2D eigenvalue weighted by atomic mass is 10.0. The van der Waals surface area contributed by atoms with Crippen molar-refractivity contribution in [2.45, 2.75) is 57.8 Å². The van der Waals surface area contributed by atoms with Crippen LogP contribution in [0.5, 0.6) is 0 Å². The van der Waals surface area contributed by atoms with Crippen molar-refractivity contribution >= 4 is 0 Å². The molecule has 2 aliphatic carbocycles. The van der Waals surface area contributed by atoms with Gasteiger partial charge in [-0.1, -0.05) is 38.2 Å². The van der Waals surface area contributed by atoms with Gasteiger partial charge in [-0.15, -0.1) is 0 Å². The minimum absolute atomic E-state index is 1.19. The second kappa shape index (κ2) is 7.39. The van der Waals surface area contributed by atoms with E-state index in [9.17, 15) is 0 Å². The van der Waals surface area contributed by atoms with Crippen LogP contribution in [0.4, 0.5) is 0 Å². The van der Waals surface area contributed by atoms with Gasteiger partial charge in [0.1, 0.15) is 0 Å². The summed E-state index contributed by atoms with van der Waals surface area (Å²) in [6.07, 6.45) is 20.0. The summed E-state index contributed by atoms with van der Waals surface area (Å²) >= 11 is 0. The van der Waals surface area contributed by atoms with E-state index in [0.717, 1.165) is 0 Å². The molecule has 0 aromatic rings. The number of hydrogen-bond donors (Lipinski definition) is 0. The van der Waals surface area contributed by atoms with Gasteiger partial charge >= 0.3 is 0 Å². The second-order valence-electron chi connectivity index (χ2n) is 3.58. The van der Waals surface area contributed by atoms with Crippen LogP contribution in [0.3, 0.4) is 0 Å². The molecular weight excluding hydrogens is 144 g/mol. The van der Waals surface area contributed by atoms with Crippen molar-refractivity contribution in [2.24, 2.45) is 0 Å². The van der Waals surface area contributed by atoms with Crippen molar-refractivity contribution in [3.63, 3.8) is 0 Å². The molecule has 1 saturated carbocycles. The lowest BCUT2D eigenvalue weighted by Gasteiger charge is -2.05. The van der Waals surface area contributed by atoms with Crippen molar-refractivity contribution in [2.75, 3.05) is 0 Å². The SMILES string of the molecule is [CH]1CCCCC1.[C]1=CCCCC1. The lowest BCUT2D eigenvalue weighted by Crippen LogP contribution is -1.87. The molecule has 12 heavy (non-hydrogen) atoms. The Balaban J connectivity index is 0.000000120. The van der Waals surface area contributed by atoms with Crippen molar-refractivity contribution in [1.29, 1.82) is 0 Å². The molecule has 0 heterocycles. The van der Waals surface area contributed by atoms with Crippen molar-refractivity contribution in [1.82, 2.24) is 0 Å². The van der Waals surface area contributed by atoms with Crippen LogP contribution in [-0.2, 0) is 0 Å². The Morgan fingerprint density at radius 2 is 1.50 bits per heavy atom. The van der Waals surface area contributed by atoms with Gasteiger partial charge in [-0.05, 0) is 38.2 Å². The van der Waals surface area contributed by atoms with Gasteiger partial charge in [-0.2, -0.15) is 0 Å². The van der Waals surface area contributed by atoms with E-state index < -0.39 is 0 Å². The normalized spacial score (nSPS) is 22.7. The van der Waals surface area contributed by atoms with E-state index in [0.29, 0.717) is 0 Å². The molecule has 0 aromatic carbocycles. The minimum atomic E-state index is 1.19. The Bertz CT molecular complexity index is 89.7. The third kappa shape index (κ3) is 5.40. The molecule has 0 unspecified atom stereocenters. The number of rotatable bonds is 0. The first-order valence-corrected chi connectivity index (χ1v) is 5.37. The second-order valence-corrected chi connectivity index (χ2v) is 3.58. The van der Waals surface area contributed by atoms with E-state index in [-0.39, 0.29) is 0 Å². The quantitative estimate of drug-likeness (QED) is 0.506. The van der Waals surface area contributed by atoms with Gasteiger partial charge in [0.05, 0.1) is 0 Å². The first-order chi connectivity index (χ1) is 6.00. The van der Waals surface area contributed by atoms with Crippen molar-refractivity contribution < 1.29 is 0 Å². The summed E-state index contributed by atoms with van der Waals surface area (Å²) < 4.78 is 0. The Morgan fingerprint density at radius 1 is 0.750 bits per heavy atom. The highest BCUT2D eigenvalue weighted by molar-refractivity contribution is 4.77. The zero-order valence-electron chi connectivity index (χ0n) is 8.02.